The van der Waals surface area contributed by atoms with Crippen molar-refractivity contribution in [3.63, 3.8) is 0 Å². The summed E-state index contributed by atoms with van der Waals surface area (Å²) in [5, 5.41) is 2.87. The Morgan fingerprint density at radius 1 is 1.07 bits per heavy atom. The van der Waals surface area contributed by atoms with E-state index in [1.54, 1.807) is 24.3 Å². The predicted octanol–water partition coefficient (Wildman–Crippen LogP) is 0.560. The van der Waals surface area contributed by atoms with Gasteiger partial charge < -0.3 is 19.7 Å². The number of sulfonamides is 1. The van der Waals surface area contributed by atoms with Crippen molar-refractivity contribution in [1.29, 1.82) is 0 Å². The number of quaternary nitrogens is 1. The Hall–Kier alpha value is -2.62. The minimum Gasteiger partial charge on any atom is -0.454 e. The van der Waals surface area contributed by atoms with Crippen LogP contribution in [0.15, 0.2) is 41.3 Å². The molecule has 2 aliphatic heterocycles. The number of nitrogens with zero attached hydrogens (tertiary/aromatic N) is 1. The van der Waals surface area contributed by atoms with Crippen LogP contribution in [0.1, 0.15) is 11.1 Å². The van der Waals surface area contributed by atoms with Gasteiger partial charge in [0, 0.05) is 11.8 Å². The van der Waals surface area contributed by atoms with Crippen LogP contribution in [0.2, 0.25) is 0 Å². The minimum atomic E-state index is -3.53. The van der Waals surface area contributed by atoms with E-state index in [-0.39, 0.29) is 19.2 Å². The quantitative estimate of drug-likeness (QED) is 0.721. The Morgan fingerprint density at radius 2 is 1.80 bits per heavy atom. The lowest BCUT2D eigenvalue weighted by Crippen LogP contribution is -3.15. The molecule has 1 amide bonds. The van der Waals surface area contributed by atoms with Gasteiger partial charge in [0.05, 0.1) is 31.1 Å². The van der Waals surface area contributed by atoms with Crippen molar-refractivity contribution in [3.8, 4) is 11.5 Å². The molecule has 2 aromatic rings. The third kappa shape index (κ3) is 4.28. The minimum absolute atomic E-state index is 0.116. The van der Waals surface area contributed by atoms with Gasteiger partial charge in [0.1, 0.15) is 0 Å². The smallest absolute Gasteiger partial charge is 0.279 e. The number of anilines is 1. The molecule has 8 nitrogen and oxygen atoms in total. The molecule has 160 valence electrons. The Kier molecular flexibility index (Phi) is 5.68. The highest BCUT2D eigenvalue weighted by Crippen LogP contribution is 2.34. The van der Waals surface area contributed by atoms with Gasteiger partial charge in [0.25, 0.3) is 5.91 Å². The number of carbonyl (C=O) groups excluding carboxylic acids is 1. The maximum absolute atomic E-state index is 13.0. The van der Waals surface area contributed by atoms with Gasteiger partial charge in [0.2, 0.25) is 16.8 Å². The van der Waals surface area contributed by atoms with E-state index < -0.39 is 10.0 Å². The van der Waals surface area contributed by atoms with E-state index >= 15 is 0 Å². The highest BCUT2D eigenvalue weighted by Gasteiger charge is 2.32. The summed E-state index contributed by atoms with van der Waals surface area (Å²) < 4.78 is 38.2. The van der Waals surface area contributed by atoms with E-state index in [0.717, 1.165) is 16.0 Å². The van der Waals surface area contributed by atoms with Crippen molar-refractivity contribution in [2.24, 2.45) is 0 Å². The maximum atomic E-state index is 13.0. The third-order valence-corrected chi connectivity index (χ3v) is 7.50. The molecule has 4 rings (SSSR count). The SMILES string of the molecule is Cc1ccc(C)c(S(=O)(=O)N2CC[NH+](CC(=O)Nc3ccc4c(c3)OCO4)CC2)c1. The van der Waals surface area contributed by atoms with Gasteiger partial charge in [-0.15, -0.1) is 0 Å². The third-order valence-electron chi connectivity index (χ3n) is 5.46. The fourth-order valence-electron chi connectivity index (χ4n) is 3.75. The van der Waals surface area contributed by atoms with Crippen LogP contribution in [0.3, 0.4) is 0 Å². The van der Waals surface area contributed by atoms with Crippen LogP contribution in [0.5, 0.6) is 11.5 Å². The Balaban J connectivity index is 1.33. The van der Waals surface area contributed by atoms with Gasteiger partial charge in [0.15, 0.2) is 18.0 Å². The zero-order chi connectivity index (χ0) is 21.3. The number of nitrogens with one attached hydrogen (secondary N) is 2. The number of aryl methyl sites for hydroxylation is 2. The Morgan fingerprint density at radius 3 is 2.57 bits per heavy atom. The number of fused-ring (bicyclic) bond motifs is 1. The molecule has 9 heteroatoms. The van der Waals surface area contributed by atoms with E-state index in [1.165, 1.54) is 4.31 Å². The summed E-state index contributed by atoms with van der Waals surface area (Å²) in [6.07, 6.45) is 0. The van der Waals surface area contributed by atoms with Crippen molar-refractivity contribution in [3.05, 3.63) is 47.5 Å². The van der Waals surface area contributed by atoms with E-state index in [4.69, 9.17) is 9.47 Å². The number of amides is 1. The molecule has 0 radical (unpaired) electrons. The Labute approximate surface area is 176 Å². The molecule has 30 heavy (non-hydrogen) atoms. The molecule has 0 saturated carbocycles. The van der Waals surface area contributed by atoms with Crippen LogP contribution in [0.25, 0.3) is 0 Å². The van der Waals surface area contributed by atoms with Crippen LogP contribution < -0.4 is 19.7 Å². The van der Waals surface area contributed by atoms with Crippen LogP contribution in [0.4, 0.5) is 5.69 Å². The molecule has 0 atom stereocenters. The number of hydrogen-bond donors (Lipinski definition) is 2. The monoisotopic (exact) mass is 432 g/mol. The fourth-order valence-corrected chi connectivity index (χ4v) is 5.50. The zero-order valence-electron chi connectivity index (χ0n) is 17.1. The summed E-state index contributed by atoms with van der Waals surface area (Å²) in [4.78, 5) is 13.9. The molecule has 0 aromatic heterocycles. The first-order valence-electron chi connectivity index (χ1n) is 9.93. The van der Waals surface area contributed by atoms with Crippen LogP contribution in [0, 0.1) is 13.8 Å². The maximum Gasteiger partial charge on any atom is 0.279 e. The first kappa shape index (κ1) is 20.6. The molecule has 0 unspecified atom stereocenters. The van der Waals surface area contributed by atoms with E-state index in [0.29, 0.717) is 48.3 Å². The lowest BCUT2D eigenvalue weighted by Gasteiger charge is -2.31. The van der Waals surface area contributed by atoms with Crippen LogP contribution in [-0.4, -0.2) is 58.1 Å². The van der Waals surface area contributed by atoms with Crippen molar-refractivity contribution >= 4 is 21.6 Å². The summed E-state index contributed by atoms with van der Waals surface area (Å²) in [6, 6.07) is 10.8. The van der Waals surface area contributed by atoms with E-state index in [2.05, 4.69) is 5.32 Å². The van der Waals surface area contributed by atoms with Gasteiger partial charge in [-0.3, -0.25) is 4.79 Å². The van der Waals surface area contributed by atoms with Crippen molar-refractivity contribution in [2.45, 2.75) is 18.7 Å². The standard InChI is InChI=1S/C21H25N3O5S/c1-15-3-4-16(2)20(11-15)30(26,27)24-9-7-23(8-10-24)13-21(25)22-17-5-6-18-19(12-17)29-14-28-18/h3-6,11-12H,7-10,13-14H2,1-2H3,(H,22,25)/p+1. The number of piperazine rings is 1. The molecule has 2 heterocycles. The van der Waals surface area contributed by atoms with Gasteiger partial charge in [-0.05, 0) is 43.2 Å². The van der Waals surface area contributed by atoms with Crippen molar-refractivity contribution in [2.75, 3.05) is 44.8 Å². The van der Waals surface area contributed by atoms with E-state index in [9.17, 15) is 13.2 Å². The second kappa shape index (κ2) is 8.25. The first-order valence-corrected chi connectivity index (χ1v) is 11.4. The lowest BCUT2D eigenvalue weighted by atomic mass is 10.2. The predicted molar refractivity (Wildman–Crippen MR) is 111 cm³/mol. The number of carbonyl (C=O) groups is 1. The molecular weight excluding hydrogens is 406 g/mol. The molecule has 2 N–H and O–H groups in total. The Bertz CT molecular complexity index is 1060. The van der Waals surface area contributed by atoms with E-state index in [1.807, 2.05) is 26.0 Å². The summed E-state index contributed by atoms with van der Waals surface area (Å²) in [6.45, 7) is 6.12. The number of hydrogen-bond acceptors (Lipinski definition) is 5. The van der Waals surface area contributed by atoms with Crippen LogP contribution >= 0.6 is 0 Å². The molecule has 0 aliphatic carbocycles. The van der Waals surface area contributed by atoms with Gasteiger partial charge in [-0.25, -0.2) is 8.42 Å². The number of benzene rings is 2. The molecular formula is C21H26N3O5S+. The van der Waals surface area contributed by atoms with Gasteiger partial charge in [-0.2, -0.15) is 4.31 Å². The number of rotatable bonds is 5. The molecule has 2 aliphatic rings. The second-order valence-electron chi connectivity index (χ2n) is 7.72. The summed E-state index contributed by atoms with van der Waals surface area (Å²) in [5.74, 6) is 1.17. The summed E-state index contributed by atoms with van der Waals surface area (Å²) in [7, 11) is -3.53. The molecule has 2 aromatic carbocycles. The van der Waals surface area contributed by atoms with Crippen molar-refractivity contribution in [1.82, 2.24) is 4.31 Å². The van der Waals surface area contributed by atoms with Crippen molar-refractivity contribution < 1.29 is 27.6 Å². The van der Waals surface area contributed by atoms with Crippen LogP contribution in [-0.2, 0) is 14.8 Å². The second-order valence-corrected chi connectivity index (χ2v) is 9.62. The summed E-state index contributed by atoms with van der Waals surface area (Å²) >= 11 is 0. The number of ether oxygens (including phenoxy) is 2. The molecule has 0 bridgehead atoms. The highest BCUT2D eigenvalue weighted by molar-refractivity contribution is 7.89. The van der Waals surface area contributed by atoms with Gasteiger partial charge in [-0.1, -0.05) is 12.1 Å². The van der Waals surface area contributed by atoms with Gasteiger partial charge >= 0.3 is 0 Å². The summed E-state index contributed by atoms with van der Waals surface area (Å²) in [5.41, 5.74) is 2.32. The topological polar surface area (TPSA) is 89.4 Å². The zero-order valence-corrected chi connectivity index (χ0v) is 17.9. The highest BCUT2D eigenvalue weighted by atomic mass is 32.2. The normalized spacial score (nSPS) is 17.1. The molecule has 1 saturated heterocycles. The molecule has 1 fully saturated rings. The first-order chi connectivity index (χ1) is 14.3. The largest absolute Gasteiger partial charge is 0.454 e. The average molecular weight is 433 g/mol. The molecule has 0 spiro atoms. The fraction of sp³-hybridized carbons (Fsp3) is 0.381. The average Bonchev–Trinajstić information content (AvgIpc) is 3.18. The lowest BCUT2D eigenvalue weighted by molar-refractivity contribution is -0.895.